The molecule has 0 atom stereocenters. The molecule has 0 unspecified atom stereocenters. The fourth-order valence-electron chi connectivity index (χ4n) is 4.50. The van der Waals surface area contributed by atoms with Gasteiger partial charge < -0.3 is 9.97 Å². The molecule has 0 saturated heterocycles. The Morgan fingerprint density at radius 3 is 1.39 bits per heavy atom. The third kappa shape index (κ3) is 4.28. The summed E-state index contributed by atoms with van der Waals surface area (Å²) in [6, 6.07) is 25.7. The fraction of sp³-hybridized carbons (Fsp3) is 0.125. The molecule has 6 aromatic rings. The lowest BCUT2D eigenvalue weighted by Crippen LogP contribution is -1.84. The van der Waals surface area contributed by atoms with Crippen LogP contribution in [0.4, 0.5) is 0 Å². The smallest absolute Gasteiger partial charge is 0.106 e. The highest BCUT2D eigenvalue weighted by Crippen LogP contribution is 2.26. The van der Waals surface area contributed by atoms with Gasteiger partial charge in [0.05, 0.1) is 23.8 Å². The number of rotatable bonds is 4. The number of hydrogen-bond donors (Lipinski definition) is 2. The zero-order valence-corrected chi connectivity index (χ0v) is 20.4. The molecule has 0 aliphatic carbocycles. The zero-order chi connectivity index (χ0) is 24.5. The lowest BCUT2D eigenvalue weighted by Gasteiger charge is -2.03. The van der Waals surface area contributed by atoms with E-state index in [-0.39, 0.29) is 0 Å². The van der Waals surface area contributed by atoms with E-state index in [1.165, 1.54) is 21.5 Å². The predicted octanol–water partition coefficient (Wildman–Crippen LogP) is 7.30. The van der Waals surface area contributed by atoms with Crippen LogP contribution >= 0.6 is 0 Å². The summed E-state index contributed by atoms with van der Waals surface area (Å²) < 4.78 is 0. The molecule has 36 heavy (non-hydrogen) atoms. The number of nitrogens with one attached hydrogen (secondary N) is 2. The molecule has 0 spiro atoms. The summed E-state index contributed by atoms with van der Waals surface area (Å²) >= 11 is 0. The summed E-state index contributed by atoms with van der Waals surface area (Å²) in [7, 11) is 0. The molecule has 4 heteroatoms. The van der Waals surface area contributed by atoms with E-state index >= 15 is 0 Å². The van der Waals surface area contributed by atoms with Gasteiger partial charge in [-0.2, -0.15) is 0 Å². The number of hydrogen-bond acceptors (Lipinski definition) is 2. The molecule has 2 heterocycles. The second-order valence-electron chi connectivity index (χ2n) is 9.00. The summed E-state index contributed by atoms with van der Waals surface area (Å²) in [6.45, 7) is 4.20. The number of aromatic nitrogens is 4. The van der Waals surface area contributed by atoms with Crippen molar-refractivity contribution in [3.05, 3.63) is 108 Å². The molecule has 0 amide bonds. The normalized spacial score (nSPS) is 11.1. The Kier molecular flexibility index (Phi) is 5.59. The Morgan fingerprint density at radius 1 is 0.556 bits per heavy atom. The van der Waals surface area contributed by atoms with Gasteiger partial charge in [0.25, 0.3) is 0 Å². The lowest BCUT2D eigenvalue weighted by molar-refractivity contribution is 0.990. The molecule has 6 rings (SSSR count). The van der Waals surface area contributed by atoms with Gasteiger partial charge in [-0.3, -0.25) is 0 Å². The van der Waals surface area contributed by atoms with Gasteiger partial charge in [0.2, 0.25) is 0 Å². The molecular formula is C32H26N4. The van der Waals surface area contributed by atoms with Crippen LogP contribution in [0.5, 0.6) is 0 Å². The van der Waals surface area contributed by atoms with Crippen molar-refractivity contribution in [2.24, 2.45) is 0 Å². The van der Waals surface area contributed by atoms with Crippen molar-refractivity contribution in [3.8, 4) is 34.4 Å². The van der Waals surface area contributed by atoms with Crippen molar-refractivity contribution in [2.45, 2.75) is 26.7 Å². The Balaban J connectivity index is 1.25. The van der Waals surface area contributed by atoms with Crippen LogP contribution in [0, 0.1) is 11.8 Å². The quantitative estimate of drug-likeness (QED) is 0.268. The zero-order valence-electron chi connectivity index (χ0n) is 20.4. The van der Waals surface area contributed by atoms with Gasteiger partial charge in [0.1, 0.15) is 11.6 Å². The summed E-state index contributed by atoms with van der Waals surface area (Å²) in [5.74, 6) is 8.70. The van der Waals surface area contributed by atoms with Crippen molar-refractivity contribution in [2.75, 3.05) is 0 Å². The van der Waals surface area contributed by atoms with Gasteiger partial charge in [0.15, 0.2) is 0 Å². The maximum atomic E-state index is 4.42. The van der Waals surface area contributed by atoms with Crippen LogP contribution in [0.25, 0.3) is 44.1 Å². The average Bonchev–Trinajstić information content (AvgIpc) is 3.61. The van der Waals surface area contributed by atoms with Crippen molar-refractivity contribution in [1.29, 1.82) is 0 Å². The third-order valence-corrected chi connectivity index (χ3v) is 6.58. The SMILES string of the molecule is CCc1ncc(-c2ccc3cc(C#Cc4ccc5cc(-c6cnc(CC)[nH]6)ccc5c4)ccc3c2)[nH]1. The van der Waals surface area contributed by atoms with E-state index in [1.54, 1.807) is 0 Å². The standard InChI is InChI=1S/C32H26N4/c1-3-31-33-19-29(35-31)27-13-11-23-15-21(7-9-25(23)17-27)5-6-22-8-10-26-18-28(14-12-24(26)16-22)30-20-34-32(4-2)36-30/h7-20H,3-4H2,1-2H3,(H,33,35)(H,34,36). The van der Waals surface area contributed by atoms with Crippen LogP contribution in [0.3, 0.4) is 0 Å². The lowest BCUT2D eigenvalue weighted by atomic mass is 10.0. The molecule has 0 radical (unpaired) electrons. The Bertz CT molecular complexity index is 1650. The molecule has 0 saturated carbocycles. The molecule has 4 aromatic carbocycles. The van der Waals surface area contributed by atoms with E-state index < -0.39 is 0 Å². The first kappa shape index (κ1) is 21.9. The van der Waals surface area contributed by atoms with Gasteiger partial charge in [0, 0.05) is 35.1 Å². The molecule has 0 bridgehead atoms. The highest BCUT2D eigenvalue weighted by atomic mass is 14.9. The van der Waals surface area contributed by atoms with E-state index in [4.69, 9.17) is 0 Å². The molecule has 2 N–H and O–H groups in total. The van der Waals surface area contributed by atoms with Crippen LogP contribution in [-0.2, 0) is 12.8 Å². The molecule has 4 nitrogen and oxygen atoms in total. The van der Waals surface area contributed by atoms with Crippen molar-refractivity contribution in [3.63, 3.8) is 0 Å². The monoisotopic (exact) mass is 466 g/mol. The number of benzene rings is 4. The molecule has 0 aliphatic heterocycles. The van der Waals surface area contributed by atoms with Crippen LogP contribution in [-0.4, -0.2) is 19.9 Å². The van der Waals surface area contributed by atoms with Crippen molar-refractivity contribution < 1.29 is 0 Å². The second-order valence-corrected chi connectivity index (χ2v) is 9.00. The van der Waals surface area contributed by atoms with E-state index in [1.807, 2.05) is 12.4 Å². The summed E-state index contributed by atoms with van der Waals surface area (Å²) in [5.41, 5.74) is 6.41. The van der Waals surface area contributed by atoms with Gasteiger partial charge >= 0.3 is 0 Å². The minimum atomic E-state index is 0.902. The molecule has 2 aromatic heterocycles. The highest BCUT2D eigenvalue weighted by Gasteiger charge is 2.05. The van der Waals surface area contributed by atoms with Gasteiger partial charge in [-0.15, -0.1) is 0 Å². The Hall–Kier alpha value is -4.62. The maximum absolute atomic E-state index is 4.42. The largest absolute Gasteiger partial charge is 0.342 e. The molecular weight excluding hydrogens is 440 g/mol. The summed E-state index contributed by atoms with van der Waals surface area (Å²) in [4.78, 5) is 15.6. The van der Waals surface area contributed by atoms with Crippen molar-refractivity contribution in [1.82, 2.24) is 19.9 Å². The van der Waals surface area contributed by atoms with E-state index in [0.717, 1.165) is 58.1 Å². The number of aryl methyl sites for hydroxylation is 2. The third-order valence-electron chi connectivity index (χ3n) is 6.58. The number of aromatic amines is 2. The second kappa shape index (κ2) is 9.20. The van der Waals surface area contributed by atoms with E-state index in [0.29, 0.717) is 0 Å². The minimum Gasteiger partial charge on any atom is -0.342 e. The topological polar surface area (TPSA) is 57.4 Å². The maximum Gasteiger partial charge on any atom is 0.106 e. The van der Waals surface area contributed by atoms with Crippen LogP contribution < -0.4 is 0 Å². The van der Waals surface area contributed by atoms with Crippen LogP contribution in [0.1, 0.15) is 36.6 Å². The first-order valence-electron chi connectivity index (χ1n) is 12.4. The molecule has 174 valence electrons. The summed E-state index contributed by atoms with van der Waals surface area (Å²) in [6.07, 6.45) is 5.62. The Labute approximate surface area is 210 Å². The number of H-pyrrole nitrogens is 2. The minimum absolute atomic E-state index is 0.902. The van der Waals surface area contributed by atoms with Gasteiger partial charge in [-0.25, -0.2) is 9.97 Å². The average molecular weight is 467 g/mol. The molecule has 0 fully saturated rings. The van der Waals surface area contributed by atoms with Gasteiger partial charge in [-0.1, -0.05) is 62.1 Å². The van der Waals surface area contributed by atoms with Gasteiger partial charge in [-0.05, 0) is 57.9 Å². The van der Waals surface area contributed by atoms with Crippen molar-refractivity contribution >= 4 is 21.5 Å². The number of imidazole rings is 2. The number of nitrogens with zero attached hydrogens (tertiary/aromatic N) is 2. The van der Waals surface area contributed by atoms with E-state index in [2.05, 4.69) is 118 Å². The first-order chi connectivity index (χ1) is 17.7. The van der Waals surface area contributed by atoms with Crippen LogP contribution in [0.2, 0.25) is 0 Å². The summed E-state index contributed by atoms with van der Waals surface area (Å²) in [5, 5.41) is 4.74. The fourth-order valence-corrected chi connectivity index (χ4v) is 4.50. The predicted molar refractivity (Wildman–Crippen MR) is 148 cm³/mol. The Morgan fingerprint density at radius 2 is 0.972 bits per heavy atom. The number of fused-ring (bicyclic) bond motifs is 2. The van der Waals surface area contributed by atoms with Crippen LogP contribution in [0.15, 0.2) is 85.2 Å². The van der Waals surface area contributed by atoms with E-state index in [9.17, 15) is 0 Å². The first-order valence-corrected chi connectivity index (χ1v) is 12.4. The highest BCUT2D eigenvalue weighted by molar-refractivity contribution is 5.89. The molecule has 0 aliphatic rings.